The molecule has 0 saturated carbocycles. The normalized spacial score (nSPS) is 13.0. The SMILES string of the molecule is N#Cc1cc2c3c(c1)-c1c4c(cccc4cc4oc5ccccc5c14)B3c1cccc3cc4oc5ccccc5c4c-2c13. The van der Waals surface area contributed by atoms with Crippen molar-refractivity contribution in [2.75, 3.05) is 0 Å². The van der Waals surface area contributed by atoms with Gasteiger partial charge < -0.3 is 8.83 Å². The molecule has 4 heteroatoms. The van der Waals surface area contributed by atoms with E-state index in [1.54, 1.807) is 0 Å². The Balaban J connectivity index is 1.44. The molecule has 0 atom stereocenters. The van der Waals surface area contributed by atoms with Crippen LogP contribution in [0, 0.1) is 11.3 Å². The molecule has 0 saturated heterocycles. The molecule has 0 N–H and O–H groups in total. The van der Waals surface area contributed by atoms with Crippen molar-refractivity contribution < 1.29 is 8.83 Å². The van der Waals surface area contributed by atoms with E-state index < -0.39 is 0 Å². The molecule has 43 heavy (non-hydrogen) atoms. The van der Waals surface area contributed by atoms with Crippen LogP contribution in [0.3, 0.4) is 0 Å². The minimum atomic E-state index is 0.0383. The first kappa shape index (κ1) is 21.9. The first-order valence-corrected chi connectivity index (χ1v) is 14.6. The quantitative estimate of drug-likeness (QED) is 0.182. The number of fused-ring (bicyclic) bond motifs is 12. The maximum Gasteiger partial charge on any atom is 0.244 e. The van der Waals surface area contributed by atoms with Crippen molar-refractivity contribution in [1.29, 1.82) is 5.26 Å². The van der Waals surface area contributed by atoms with Crippen molar-refractivity contribution in [3.63, 3.8) is 0 Å². The predicted octanol–water partition coefficient (Wildman–Crippen LogP) is 8.14. The number of nitrogens with zero attached hydrogens (tertiary/aromatic N) is 1. The molecule has 0 amide bonds. The molecular weight excluding hydrogens is 525 g/mol. The van der Waals surface area contributed by atoms with E-state index in [-0.39, 0.29) is 6.71 Å². The molecule has 9 aromatic rings. The third-order valence-corrected chi connectivity index (χ3v) is 9.83. The van der Waals surface area contributed by atoms with Gasteiger partial charge in [-0.05, 0) is 69.1 Å². The van der Waals surface area contributed by atoms with E-state index in [2.05, 4.69) is 91.0 Å². The molecule has 0 fully saturated rings. The molecular formula is C39H18BNO2. The van der Waals surface area contributed by atoms with Crippen LogP contribution in [-0.4, -0.2) is 6.71 Å². The van der Waals surface area contributed by atoms with Crippen molar-refractivity contribution in [1.82, 2.24) is 0 Å². The lowest BCUT2D eigenvalue weighted by molar-refractivity contribution is 0.669. The van der Waals surface area contributed by atoms with E-state index in [0.717, 1.165) is 76.9 Å². The molecule has 4 heterocycles. The van der Waals surface area contributed by atoms with Crippen LogP contribution in [-0.2, 0) is 0 Å². The number of hydrogen-bond donors (Lipinski definition) is 0. The summed E-state index contributed by atoms with van der Waals surface area (Å²) >= 11 is 0. The summed E-state index contributed by atoms with van der Waals surface area (Å²) in [4.78, 5) is 0. The predicted molar refractivity (Wildman–Crippen MR) is 176 cm³/mol. The third kappa shape index (κ3) is 2.50. The maximum absolute atomic E-state index is 10.4. The van der Waals surface area contributed by atoms with Crippen molar-refractivity contribution in [2.45, 2.75) is 0 Å². The molecule has 0 bridgehead atoms. The summed E-state index contributed by atoms with van der Waals surface area (Å²) in [5.74, 6) is 0. The fourth-order valence-electron chi connectivity index (χ4n) is 8.32. The van der Waals surface area contributed by atoms with Gasteiger partial charge in [-0.3, -0.25) is 0 Å². The molecule has 194 valence electrons. The van der Waals surface area contributed by atoms with Gasteiger partial charge in [0.2, 0.25) is 6.71 Å². The minimum Gasteiger partial charge on any atom is -0.456 e. The highest BCUT2D eigenvalue weighted by Crippen LogP contribution is 2.48. The molecule has 7 aromatic carbocycles. The number of para-hydroxylation sites is 2. The monoisotopic (exact) mass is 543 g/mol. The van der Waals surface area contributed by atoms with Crippen LogP contribution in [0.2, 0.25) is 0 Å². The molecule has 2 aliphatic heterocycles. The molecule has 2 aliphatic rings. The Morgan fingerprint density at radius 1 is 0.512 bits per heavy atom. The highest BCUT2D eigenvalue weighted by Gasteiger charge is 2.40. The summed E-state index contributed by atoms with van der Waals surface area (Å²) in [5.41, 5.74) is 12.6. The van der Waals surface area contributed by atoms with Gasteiger partial charge in [-0.25, -0.2) is 0 Å². The summed E-state index contributed by atoms with van der Waals surface area (Å²) in [6.45, 7) is 0.0383. The Bertz CT molecular complexity index is 2630. The number of furan rings is 2. The van der Waals surface area contributed by atoms with Crippen LogP contribution in [0.15, 0.2) is 118 Å². The van der Waals surface area contributed by atoms with Gasteiger partial charge in [-0.1, -0.05) is 89.2 Å². The average Bonchev–Trinajstić information content (AvgIpc) is 3.61. The fourth-order valence-corrected chi connectivity index (χ4v) is 8.32. The van der Waals surface area contributed by atoms with Gasteiger partial charge >= 0.3 is 0 Å². The summed E-state index contributed by atoms with van der Waals surface area (Å²) < 4.78 is 12.9. The third-order valence-electron chi connectivity index (χ3n) is 9.83. The molecule has 0 spiro atoms. The van der Waals surface area contributed by atoms with E-state index >= 15 is 0 Å². The summed E-state index contributed by atoms with van der Waals surface area (Å²) in [7, 11) is 0. The van der Waals surface area contributed by atoms with Gasteiger partial charge in [0.25, 0.3) is 0 Å². The van der Waals surface area contributed by atoms with Crippen LogP contribution in [0.4, 0.5) is 0 Å². The molecule has 0 unspecified atom stereocenters. The van der Waals surface area contributed by atoms with Gasteiger partial charge in [0, 0.05) is 32.7 Å². The Kier molecular flexibility index (Phi) is 3.74. The zero-order valence-corrected chi connectivity index (χ0v) is 22.7. The summed E-state index contributed by atoms with van der Waals surface area (Å²) in [6.07, 6.45) is 0. The molecule has 11 rings (SSSR count). The zero-order chi connectivity index (χ0) is 28.0. The van der Waals surface area contributed by atoms with E-state index in [9.17, 15) is 5.26 Å². The van der Waals surface area contributed by atoms with Gasteiger partial charge in [-0.15, -0.1) is 0 Å². The molecule has 0 radical (unpaired) electrons. The Morgan fingerprint density at radius 2 is 1.02 bits per heavy atom. The van der Waals surface area contributed by atoms with Crippen LogP contribution < -0.4 is 16.4 Å². The van der Waals surface area contributed by atoms with Crippen LogP contribution in [0.1, 0.15) is 5.56 Å². The van der Waals surface area contributed by atoms with Crippen LogP contribution >= 0.6 is 0 Å². The first-order chi connectivity index (χ1) is 21.3. The second-order valence-corrected chi connectivity index (χ2v) is 11.9. The minimum absolute atomic E-state index is 0.0383. The smallest absolute Gasteiger partial charge is 0.244 e. The second-order valence-electron chi connectivity index (χ2n) is 11.9. The number of hydrogen-bond acceptors (Lipinski definition) is 3. The van der Waals surface area contributed by atoms with Crippen molar-refractivity contribution in [3.8, 4) is 28.3 Å². The lowest BCUT2D eigenvalue weighted by atomic mass is 9.31. The van der Waals surface area contributed by atoms with Gasteiger partial charge in [0.1, 0.15) is 22.3 Å². The Labute approximate surface area is 245 Å². The van der Waals surface area contributed by atoms with Gasteiger partial charge in [-0.2, -0.15) is 5.26 Å². The van der Waals surface area contributed by atoms with Crippen LogP contribution in [0.5, 0.6) is 0 Å². The average molecular weight is 543 g/mol. The number of nitriles is 1. The van der Waals surface area contributed by atoms with E-state index in [1.807, 2.05) is 24.3 Å². The highest BCUT2D eigenvalue weighted by atomic mass is 16.3. The Hall–Kier alpha value is -5.79. The standard InChI is InChI=1S/C39H18BNO2/c41-19-20-15-25-37-33-21(17-31-35(37)23-9-1-3-13-29(23)42-31)7-5-11-27(33)40-28-12-6-8-22-18-32-36(24-10-2-4-14-30(24)43-32)38(34(22)28)26(16-20)39(25)40/h1-18H. The zero-order valence-electron chi connectivity index (χ0n) is 22.7. The van der Waals surface area contributed by atoms with Crippen molar-refractivity contribution in [3.05, 3.63) is 115 Å². The van der Waals surface area contributed by atoms with E-state index in [0.29, 0.717) is 5.56 Å². The molecule has 3 nitrogen and oxygen atoms in total. The van der Waals surface area contributed by atoms with E-state index in [4.69, 9.17) is 8.83 Å². The van der Waals surface area contributed by atoms with Gasteiger partial charge in [0.15, 0.2) is 0 Å². The Morgan fingerprint density at radius 3 is 1.53 bits per heavy atom. The van der Waals surface area contributed by atoms with Gasteiger partial charge in [0.05, 0.1) is 11.6 Å². The summed E-state index contributed by atoms with van der Waals surface area (Å²) in [5, 5.41) is 19.6. The topological polar surface area (TPSA) is 50.1 Å². The van der Waals surface area contributed by atoms with Crippen LogP contribution in [0.25, 0.3) is 87.7 Å². The number of rotatable bonds is 0. The highest BCUT2D eigenvalue weighted by molar-refractivity contribution is 7.01. The lowest BCUT2D eigenvalue weighted by Crippen LogP contribution is -2.57. The molecule has 0 aliphatic carbocycles. The second kappa shape index (κ2) is 7.34. The first-order valence-electron chi connectivity index (χ1n) is 14.6. The van der Waals surface area contributed by atoms with E-state index in [1.165, 1.54) is 27.2 Å². The van der Waals surface area contributed by atoms with Crippen molar-refractivity contribution >= 4 is 88.5 Å². The number of benzene rings is 7. The fraction of sp³-hybridized carbons (Fsp3) is 0. The molecule has 2 aromatic heterocycles. The maximum atomic E-state index is 10.4. The lowest BCUT2D eigenvalue weighted by Gasteiger charge is -2.34. The summed E-state index contributed by atoms with van der Waals surface area (Å²) in [6, 6.07) is 41.0. The largest absolute Gasteiger partial charge is 0.456 e. The van der Waals surface area contributed by atoms with Crippen molar-refractivity contribution in [2.24, 2.45) is 0 Å².